The molecule has 0 radical (unpaired) electrons. The van der Waals surface area contributed by atoms with Crippen molar-refractivity contribution in [3.63, 3.8) is 0 Å². The molecule has 1 rings (SSSR count). The molecule has 0 amide bonds. The Balaban J connectivity index is 2.69. The summed E-state index contributed by atoms with van der Waals surface area (Å²) in [4.78, 5) is 4.32. The number of nitrogens with two attached hydrogens (primary N) is 1. The minimum atomic E-state index is -3.00. The van der Waals surface area contributed by atoms with Crippen LogP contribution >= 0.6 is 0 Å². The lowest BCUT2D eigenvalue weighted by molar-refractivity contribution is 0.335. The second kappa shape index (κ2) is 5.97. The van der Waals surface area contributed by atoms with Crippen molar-refractivity contribution in [1.82, 2.24) is 4.98 Å². The zero-order valence-corrected chi connectivity index (χ0v) is 11.0. The summed E-state index contributed by atoms with van der Waals surface area (Å²) in [6, 6.07) is 3.63. The van der Waals surface area contributed by atoms with E-state index in [4.69, 9.17) is 10.5 Å². The van der Waals surface area contributed by atoms with Gasteiger partial charge in [-0.3, -0.25) is 4.98 Å². The summed E-state index contributed by atoms with van der Waals surface area (Å²) in [6.07, 6.45) is 1.81. The van der Waals surface area contributed by atoms with Gasteiger partial charge in [-0.1, -0.05) is 0 Å². The number of aryl methyl sites for hydroxylation is 1. The highest BCUT2D eigenvalue weighted by Crippen LogP contribution is 2.17. The standard InChI is InChI=1S/C11H18N2O3S/c1-9-3-4-11(10(13-9)5-6-12)16-7-8-17(2,14)15/h3-4H,5-8,12H2,1-2H3. The van der Waals surface area contributed by atoms with E-state index in [1.165, 1.54) is 6.26 Å². The van der Waals surface area contributed by atoms with Gasteiger partial charge in [-0.05, 0) is 25.6 Å². The van der Waals surface area contributed by atoms with Crippen LogP contribution in [0.4, 0.5) is 0 Å². The Hall–Kier alpha value is -1.14. The van der Waals surface area contributed by atoms with Crippen LogP contribution in [0, 0.1) is 6.92 Å². The largest absolute Gasteiger partial charge is 0.491 e. The van der Waals surface area contributed by atoms with Crippen molar-refractivity contribution in [3.8, 4) is 5.75 Å². The molecule has 0 aliphatic rings. The Morgan fingerprint density at radius 1 is 1.41 bits per heavy atom. The molecule has 0 aromatic carbocycles. The summed E-state index contributed by atoms with van der Waals surface area (Å²) in [5.74, 6) is 0.618. The lowest BCUT2D eigenvalue weighted by atomic mass is 10.2. The molecule has 6 heteroatoms. The van der Waals surface area contributed by atoms with Crippen LogP contribution in [0.3, 0.4) is 0 Å². The van der Waals surface area contributed by atoms with Gasteiger partial charge in [-0.15, -0.1) is 0 Å². The van der Waals surface area contributed by atoms with Gasteiger partial charge in [0.15, 0.2) is 9.84 Å². The molecule has 1 heterocycles. The number of ether oxygens (including phenoxy) is 1. The van der Waals surface area contributed by atoms with Crippen LogP contribution in [0.25, 0.3) is 0 Å². The summed E-state index contributed by atoms with van der Waals surface area (Å²) < 4.78 is 27.4. The molecule has 0 bridgehead atoms. The maximum Gasteiger partial charge on any atom is 0.150 e. The van der Waals surface area contributed by atoms with E-state index < -0.39 is 9.84 Å². The van der Waals surface area contributed by atoms with E-state index in [0.717, 1.165) is 11.4 Å². The Morgan fingerprint density at radius 3 is 2.71 bits per heavy atom. The lowest BCUT2D eigenvalue weighted by Crippen LogP contribution is -2.14. The van der Waals surface area contributed by atoms with E-state index in [2.05, 4.69) is 4.98 Å². The van der Waals surface area contributed by atoms with Gasteiger partial charge in [-0.2, -0.15) is 0 Å². The fraction of sp³-hybridized carbons (Fsp3) is 0.545. The van der Waals surface area contributed by atoms with Crippen molar-refractivity contribution in [2.45, 2.75) is 13.3 Å². The van der Waals surface area contributed by atoms with Gasteiger partial charge in [0.05, 0.1) is 11.4 Å². The van der Waals surface area contributed by atoms with Gasteiger partial charge >= 0.3 is 0 Å². The Kier molecular flexibility index (Phi) is 4.89. The van der Waals surface area contributed by atoms with Gasteiger partial charge in [0, 0.05) is 18.4 Å². The van der Waals surface area contributed by atoms with Crippen LogP contribution in [0.5, 0.6) is 5.75 Å². The first-order valence-electron chi connectivity index (χ1n) is 5.39. The van der Waals surface area contributed by atoms with Crippen molar-refractivity contribution in [2.24, 2.45) is 5.73 Å². The third-order valence-corrected chi connectivity index (χ3v) is 3.07. The average Bonchev–Trinajstić information content (AvgIpc) is 2.20. The monoisotopic (exact) mass is 258 g/mol. The third-order valence-electron chi connectivity index (χ3n) is 2.16. The first-order valence-corrected chi connectivity index (χ1v) is 7.45. The highest BCUT2D eigenvalue weighted by molar-refractivity contribution is 7.90. The molecule has 1 aromatic rings. The van der Waals surface area contributed by atoms with Crippen LogP contribution in [-0.4, -0.2) is 38.6 Å². The predicted molar refractivity (Wildman–Crippen MR) is 66.9 cm³/mol. The van der Waals surface area contributed by atoms with E-state index >= 15 is 0 Å². The van der Waals surface area contributed by atoms with E-state index in [0.29, 0.717) is 18.7 Å². The highest BCUT2D eigenvalue weighted by atomic mass is 32.2. The first kappa shape index (κ1) is 13.9. The van der Waals surface area contributed by atoms with E-state index in [1.807, 2.05) is 13.0 Å². The summed E-state index contributed by atoms with van der Waals surface area (Å²) in [5.41, 5.74) is 7.16. The molecule has 0 saturated carbocycles. The summed E-state index contributed by atoms with van der Waals surface area (Å²) in [7, 11) is -3.00. The van der Waals surface area contributed by atoms with Crippen molar-refractivity contribution in [3.05, 3.63) is 23.5 Å². The van der Waals surface area contributed by atoms with E-state index in [1.54, 1.807) is 6.07 Å². The van der Waals surface area contributed by atoms with Gasteiger partial charge < -0.3 is 10.5 Å². The van der Waals surface area contributed by atoms with Crippen LogP contribution in [0.15, 0.2) is 12.1 Å². The second-order valence-corrected chi connectivity index (χ2v) is 6.17. The number of hydrogen-bond acceptors (Lipinski definition) is 5. The normalized spacial score (nSPS) is 11.5. The summed E-state index contributed by atoms with van der Waals surface area (Å²) >= 11 is 0. The molecule has 96 valence electrons. The molecule has 0 atom stereocenters. The molecule has 0 aliphatic heterocycles. The molecule has 0 spiro atoms. The van der Waals surface area contributed by atoms with Crippen LogP contribution in [0.1, 0.15) is 11.4 Å². The molecule has 0 aliphatic carbocycles. The van der Waals surface area contributed by atoms with Crippen molar-refractivity contribution >= 4 is 9.84 Å². The van der Waals surface area contributed by atoms with Gasteiger partial charge in [0.25, 0.3) is 0 Å². The summed E-state index contributed by atoms with van der Waals surface area (Å²) in [6.45, 7) is 2.51. The van der Waals surface area contributed by atoms with Crippen LogP contribution in [-0.2, 0) is 16.3 Å². The molecule has 17 heavy (non-hydrogen) atoms. The predicted octanol–water partition coefficient (Wildman–Crippen LogP) is 0.315. The fourth-order valence-corrected chi connectivity index (χ4v) is 1.73. The topological polar surface area (TPSA) is 82.3 Å². The quantitative estimate of drug-likeness (QED) is 0.794. The average molecular weight is 258 g/mol. The van der Waals surface area contributed by atoms with Gasteiger partial charge in [0.2, 0.25) is 0 Å². The Morgan fingerprint density at radius 2 is 2.12 bits per heavy atom. The van der Waals surface area contributed by atoms with Gasteiger partial charge in [0.1, 0.15) is 12.4 Å². The number of rotatable bonds is 6. The second-order valence-electron chi connectivity index (χ2n) is 3.91. The number of sulfone groups is 1. The molecule has 1 aromatic heterocycles. The zero-order valence-electron chi connectivity index (χ0n) is 10.1. The number of nitrogens with zero attached hydrogens (tertiary/aromatic N) is 1. The number of pyridine rings is 1. The lowest BCUT2D eigenvalue weighted by Gasteiger charge is -2.10. The van der Waals surface area contributed by atoms with E-state index in [-0.39, 0.29) is 12.4 Å². The summed E-state index contributed by atoms with van der Waals surface area (Å²) in [5, 5.41) is 0. The zero-order chi connectivity index (χ0) is 12.9. The minimum Gasteiger partial charge on any atom is -0.491 e. The Bertz CT molecular complexity index is 472. The van der Waals surface area contributed by atoms with E-state index in [9.17, 15) is 8.42 Å². The molecule has 0 fully saturated rings. The highest BCUT2D eigenvalue weighted by Gasteiger charge is 2.07. The molecule has 2 N–H and O–H groups in total. The maximum absolute atomic E-state index is 11.0. The maximum atomic E-state index is 11.0. The van der Waals surface area contributed by atoms with Crippen LogP contribution in [0.2, 0.25) is 0 Å². The molecule has 0 saturated heterocycles. The van der Waals surface area contributed by atoms with Crippen molar-refractivity contribution in [2.75, 3.05) is 25.2 Å². The van der Waals surface area contributed by atoms with Gasteiger partial charge in [-0.25, -0.2) is 8.42 Å². The number of aromatic nitrogens is 1. The smallest absolute Gasteiger partial charge is 0.150 e. The SMILES string of the molecule is Cc1ccc(OCCS(C)(=O)=O)c(CCN)n1. The molecule has 0 unspecified atom stereocenters. The Labute approximate surface area is 102 Å². The first-order chi connectivity index (χ1) is 7.92. The minimum absolute atomic E-state index is 0.00292. The fourth-order valence-electron chi connectivity index (χ4n) is 1.35. The van der Waals surface area contributed by atoms with Crippen molar-refractivity contribution in [1.29, 1.82) is 0 Å². The third kappa shape index (κ3) is 5.14. The number of hydrogen-bond donors (Lipinski definition) is 1. The van der Waals surface area contributed by atoms with Crippen molar-refractivity contribution < 1.29 is 13.2 Å². The molecular formula is C11H18N2O3S. The molecular weight excluding hydrogens is 240 g/mol. The van der Waals surface area contributed by atoms with Crippen LogP contribution < -0.4 is 10.5 Å². The molecule has 5 nitrogen and oxygen atoms in total.